The first-order valence-electron chi connectivity index (χ1n) is 5.89. The maximum absolute atomic E-state index is 12.9. The van der Waals surface area contributed by atoms with Crippen molar-refractivity contribution in [1.82, 2.24) is 4.90 Å². The Morgan fingerprint density at radius 2 is 1.63 bits per heavy atom. The van der Waals surface area contributed by atoms with Gasteiger partial charge in [-0.2, -0.15) is 0 Å². The summed E-state index contributed by atoms with van der Waals surface area (Å²) in [6.45, 7) is 0. The van der Waals surface area contributed by atoms with Gasteiger partial charge in [-0.25, -0.2) is 9.38 Å². The molecule has 4 heteroatoms. The monoisotopic (exact) mass is 274 g/mol. The van der Waals surface area contributed by atoms with Crippen LogP contribution >= 0.6 is 11.8 Å². The normalized spacial score (nSPS) is 11.4. The van der Waals surface area contributed by atoms with Gasteiger partial charge in [-0.15, -0.1) is 0 Å². The Morgan fingerprint density at radius 3 is 2.21 bits per heavy atom. The molecular formula is C15H15FN2S. The molecule has 2 aromatic carbocycles. The fraction of sp³-hybridized carbons (Fsp3) is 0.133. The lowest BCUT2D eigenvalue weighted by molar-refractivity contribution is 0.627. The SMILES string of the molecule is CN(C)C(=Nc1ccc(F)cc1)Sc1ccccc1. The molecule has 0 saturated carbocycles. The molecule has 2 rings (SSSR count). The minimum atomic E-state index is -0.249. The van der Waals surface area contributed by atoms with Crippen LogP contribution in [0.15, 0.2) is 64.5 Å². The number of aliphatic imine (C=N–C) groups is 1. The molecule has 0 fully saturated rings. The second kappa shape index (κ2) is 6.38. The van der Waals surface area contributed by atoms with E-state index in [-0.39, 0.29) is 5.82 Å². The molecule has 0 atom stereocenters. The fourth-order valence-electron chi connectivity index (χ4n) is 1.43. The molecule has 0 N–H and O–H groups in total. The summed E-state index contributed by atoms with van der Waals surface area (Å²) in [5.41, 5.74) is 0.744. The van der Waals surface area contributed by atoms with Crippen LogP contribution < -0.4 is 0 Å². The Hall–Kier alpha value is -1.81. The summed E-state index contributed by atoms with van der Waals surface area (Å²) in [5, 5.41) is 0.859. The molecule has 2 nitrogen and oxygen atoms in total. The highest BCUT2D eigenvalue weighted by Crippen LogP contribution is 2.23. The highest BCUT2D eigenvalue weighted by molar-refractivity contribution is 8.13. The van der Waals surface area contributed by atoms with Gasteiger partial charge in [0.1, 0.15) is 5.82 Å². The summed E-state index contributed by atoms with van der Waals surface area (Å²) in [6.07, 6.45) is 0. The molecule has 0 spiro atoms. The largest absolute Gasteiger partial charge is 0.357 e. The van der Waals surface area contributed by atoms with Crippen molar-refractivity contribution in [2.75, 3.05) is 14.1 Å². The average Bonchev–Trinajstić information content (AvgIpc) is 2.41. The van der Waals surface area contributed by atoms with Gasteiger partial charge >= 0.3 is 0 Å². The topological polar surface area (TPSA) is 15.6 Å². The van der Waals surface area contributed by atoms with Crippen molar-refractivity contribution in [1.29, 1.82) is 0 Å². The van der Waals surface area contributed by atoms with Crippen LogP contribution in [0, 0.1) is 5.82 Å². The Morgan fingerprint density at radius 1 is 1.00 bits per heavy atom. The Bertz CT molecular complexity index is 550. The molecule has 0 aliphatic heterocycles. The van der Waals surface area contributed by atoms with Gasteiger partial charge in [0, 0.05) is 19.0 Å². The predicted octanol–water partition coefficient (Wildman–Crippen LogP) is 4.17. The first kappa shape index (κ1) is 13.6. The molecule has 0 amide bonds. The van der Waals surface area contributed by atoms with Crippen LogP contribution in [0.25, 0.3) is 0 Å². The summed E-state index contributed by atoms with van der Waals surface area (Å²) >= 11 is 1.58. The van der Waals surface area contributed by atoms with Crippen molar-refractivity contribution in [2.45, 2.75) is 4.90 Å². The lowest BCUT2D eigenvalue weighted by atomic mass is 10.3. The smallest absolute Gasteiger partial charge is 0.168 e. The fourth-order valence-corrected chi connectivity index (χ4v) is 2.27. The number of rotatable bonds is 2. The molecule has 2 aromatic rings. The van der Waals surface area contributed by atoms with E-state index in [1.807, 2.05) is 49.3 Å². The second-order valence-electron chi connectivity index (χ2n) is 4.18. The Labute approximate surface area is 117 Å². The molecule has 0 unspecified atom stereocenters. The standard InChI is InChI=1S/C15H15FN2S/c1-18(2)15(19-14-6-4-3-5-7-14)17-13-10-8-12(16)9-11-13/h3-11H,1-2H3. The zero-order valence-electron chi connectivity index (χ0n) is 10.9. The van der Waals surface area contributed by atoms with Crippen molar-refractivity contribution in [3.63, 3.8) is 0 Å². The number of halogens is 1. The molecule has 98 valence electrons. The number of amidine groups is 1. The Balaban J connectivity index is 2.23. The summed E-state index contributed by atoms with van der Waals surface area (Å²) in [7, 11) is 3.89. The van der Waals surface area contributed by atoms with E-state index in [1.54, 1.807) is 23.9 Å². The van der Waals surface area contributed by atoms with E-state index in [9.17, 15) is 4.39 Å². The second-order valence-corrected chi connectivity index (χ2v) is 5.22. The Kier molecular flexibility index (Phi) is 4.58. The third kappa shape index (κ3) is 4.10. The average molecular weight is 274 g/mol. The van der Waals surface area contributed by atoms with Crippen LogP contribution in [0.3, 0.4) is 0 Å². The van der Waals surface area contributed by atoms with Gasteiger partial charge in [0.15, 0.2) is 5.17 Å². The molecule has 19 heavy (non-hydrogen) atoms. The van der Waals surface area contributed by atoms with Crippen molar-refractivity contribution in [3.05, 3.63) is 60.4 Å². The van der Waals surface area contributed by atoms with Gasteiger partial charge in [-0.1, -0.05) is 30.0 Å². The van der Waals surface area contributed by atoms with E-state index in [1.165, 1.54) is 12.1 Å². The van der Waals surface area contributed by atoms with Crippen LogP contribution in [0.4, 0.5) is 10.1 Å². The quantitative estimate of drug-likeness (QED) is 0.464. The zero-order chi connectivity index (χ0) is 13.7. The van der Waals surface area contributed by atoms with E-state index < -0.39 is 0 Å². The first-order valence-corrected chi connectivity index (χ1v) is 6.71. The van der Waals surface area contributed by atoms with E-state index in [4.69, 9.17) is 0 Å². The molecule has 0 bridgehead atoms. The number of nitrogens with zero attached hydrogens (tertiary/aromatic N) is 2. The number of benzene rings is 2. The molecular weight excluding hydrogens is 259 g/mol. The highest BCUT2D eigenvalue weighted by atomic mass is 32.2. The zero-order valence-corrected chi connectivity index (χ0v) is 11.7. The third-order valence-electron chi connectivity index (χ3n) is 2.39. The minimum Gasteiger partial charge on any atom is -0.357 e. The van der Waals surface area contributed by atoms with Crippen molar-refractivity contribution < 1.29 is 4.39 Å². The lowest BCUT2D eigenvalue weighted by Crippen LogP contribution is -2.18. The lowest BCUT2D eigenvalue weighted by Gasteiger charge is -2.15. The van der Waals surface area contributed by atoms with Crippen LogP contribution in [-0.2, 0) is 0 Å². The maximum atomic E-state index is 12.9. The van der Waals surface area contributed by atoms with E-state index in [2.05, 4.69) is 4.99 Å². The van der Waals surface area contributed by atoms with Gasteiger partial charge in [-0.3, -0.25) is 0 Å². The van der Waals surface area contributed by atoms with Crippen LogP contribution in [-0.4, -0.2) is 24.2 Å². The van der Waals surface area contributed by atoms with Gasteiger partial charge in [0.05, 0.1) is 5.69 Å². The molecule has 0 aromatic heterocycles. The molecule has 0 radical (unpaired) electrons. The van der Waals surface area contributed by atoms with Crippen LogP contribution in [0.2, 0.25) is 0 Å². The number of hydrogen-bond donors (Lipinski definition) is 0. The van der Waals surface area contributed by atoms with E-state index in [0.717, 1.165) is 15.8 Å². The van der Waals surface area contributed by atoms with Crippen molar-refractivity contribution in [2.24, 2.45) is 4.99 Å². The van der Waals surface area contributed by atoms with Crippen LogP contribution in [0.1, 0.15) is 0 Å². The highest BCUT2D eigenvalue weighted by Gasteiger charge is 2.05. The van der Waals surface area contributed by atoms with Gasteiger partial charge in [-0.05, 0) is 36.4 Å². The molecule has 0 saturated heterocycles. The van der Waals surface area contributed by atoms with E-state index >= 15 is 0 Å². The van der Waals surface area contributed by atoms with Crippen LogP contribution in [0.5, 0.6) is 0 Å². The third-order valence-corrected chi connectivity index (χ3v) is 3.53. The van der Waals surface area contributed by atoms with Crippen molar-refractivity contribution >= 4 is 22.6 Å². The maximum Gasteiger partial charge on any atom is 0.168 e. The van der Waals surface area contributed by atoms with Gasteiger partial charge in [0.25, 0.3) is 0 Å². The molecule has 0 aliphatic rings. The van der Waals surface area contributed by atoms with Gasteiger partial charge < -0.3 is 4.90 Å². The number of hydrogen-bond acceptors (Lipinski definition) is 2. The van der Waals surface area contributed by atoms with E-state index in [0.29, 0.717) is 0 Å². The summed E-state index contributed by atoms with van der Waals surface area (Å²) in [6, 6.07) is 16.2. The minimum absolute atomic E-state index is 0.249. The van der Waals surface area contributed by atoms with Crippen molar-refractivity contribution in [3.8, 4) is 0 Å². The summed E-state index contributed by atoms with van der Waals surface area (Å²) < 4.78 is 12.9. The summed E-state index contributed by atoms with van der Waals surface area (Å²) in [5.74, 6) is -0.249. The predicted molar refractivity (Wildman–Crippen MR) is 79.5 cm³/mol. The molecule has 0 aliphatic carbocycles. The number of thioether (sulfide) groups is 1. The molecule has 0 heterocycles. The first-order chi connectivity index (χ1) is 9.15. The van der Waals surface area contributed by atoms with Gasteiger partial charge in [0.2, 0.25) is 0 Å². The summed E-state index contributed by atoms with van der Waals surface area (Å²) in [4.78, 5) is 7.60.